The standard InChI is InChI=1S/C15H29N3O2/c1-12(10-15(2,16-3)14(19)20)18-9-6-13(11-18)17-7-4-5-8-17/h12-13,16H,4-11H2,1-3H3,(H,19,20). The van der Waals surface area contributed by atoms with E-state index >= 15 is 0 Å². The van der Waals surface area contributed by atoms with Gasteiger partial charge in [-0.25, -0.2) is 0 Å². The third kappa shape index (κ3) is 3.32. The summed E-state index contributed by atoms with van der Waals surface area (Å²) in [5.41, 5.74) is -0.828. The van der Waals surface area contributed by atoms with Crippen molar-refractivity contribution in [3.05, 3.63) is 0 Å². The Morgan fingerprint density at radius 1 is 1.40 bits per heavy atom. The van der Waals surface area contributed by atoms with Crippen LogP contribution in [0.25, 0.3) is 0 Å². The van der Waals surface area contributed by atoms with Crippen LogP contribution in [-0.2, 0) is 4.79 Å². The van der Waals surface area contributed by atoms with Crippen molar-refractivity contribution in [2.45, 2.75) is 57.2 Å². The minimum Gasteiger partial charge on any atom is -0.480 e. The molecule has 0 aromatic rings. The first kappa shape index (κ1) is 15.7. The third-order valence-electron chi connectivity index (χ3n) is 5.20. The molecule has 0 aliphatic carbocycles. The monoisotopic (exact) mass is 283 g/mol. The van der Waals surface area contributed by atoms with Crippen molar-refractivity contribution in [2.75, 3.05) is 33.2 Å². The molecular formula is C15H29N3O2. The first-order valence-corrected chi connectivity index (χ1v) is 7.86. The Kier molecular flexibility index (Phi) is 5.04. The summed E-state index contributed by atoms with van der Waals surface area (Å²) < 4.78 is 0. The van der Waals surface area contributed by atoms with Gasteiger partial charge < -0.3 is 10.4 Å². The van der Waals surface area contributed by atoms with E-state index in [1.54, 1.807) is 14.0 Å². The number of aliphatic carboxylic acids is 1. The normalized spacial score (nSPS) is 29.4. The SMILES string of the molecule is CNC(C)(CC(C)N1CCC(N2CCCC2)C1)C(=O)O. The quantitative estimate of drug-likeness (QED) is 0.761. The highest BCUT2D eigenvalue weighted by molar-refractivity contribution is 5.78. The maximum Gasteiger partial charge on any atom is 0.323 e. The lowest BCUT2D eigenvalue weighted by atomic mass is 9.93. The summed E-state index contributed by atoms with van der Waals surface area (Å²) in [6, 6.07) is 0.988. The van der Waals surface area contributed by atoms with Gasteiger partial charge in [0, 0.05) is 25.2 Å². The minimum absolute atomic E-state index is 0.302. The number of likely N-dealkylation sites (N-methyl/N-ethyl adjacent to an activating group) is 1. The molecule has 2 aliphatic rings. The van der Waals surface area contributed by atoms with E-state index in [9.17, 15) is 9.90 Å². The van der Waals surface area contributed by atoms with Gasteiger partial charge in [0.15, 0.2) is 0 Å². The largest absolute Gasteiger partial charge is 0.480 e. The van der Waals surface area contributed by atoms with Gasteiger partial charge in [0.25, 0.3) is 0 Å². The first-order valence-electron chi connectivity index (χ1n) is 7.86. The van der Waals surface area contributed by atoms with Gasteiger partial charge in [-0.15, -0.1) is 0 Å². The van der Waals surface area contributed by atoms with E-state index in [1.807, 2.05) is 0 Å². The highest BCUT2D eigenvalue weighted by Gasteiger charge is 2.37. The van der Waals surface area contributed by atoms with Crippen LogP contribution in [0.5, 0.6) is 0 Å². The fraction of sp³-hybridized carbons (Fsp3) is 0.933. The topological polar surface area (TPSA) is 55.8 Å². The Balaban J connectivity index is 1.87. The van der Waals surface area contributed by atoms with Gasteiger partial charge in [-0.3, -0.25) is 14.6 Å². The molecule has 2 aliphatic heterocycles. The summed E-state index contributed by atoms with van der Waals surface area (Å²) in [6.07, 6.45) is 4.55. The Hall–Kier alpha value is -0.650. The van der Waals surface area contributed by atoms with Gasteiger partial charge >= 0.3 is 5.97 Å². The summed E-state index contributed by atoms with van der Waals surface area (Å²) in [5, 5.41) is 12.3. The van der Waals surface area contributed by atoms with Crippen LogP contribution in [0, 0.1) is 0 Å². The van der Waals surface area contributed by atoms with Crippen molar-refractivity contribution in [3.63, 3.8) is 0 Å². The van der Waals surface area contributed by atoms with Gasteiger partial charge in [0.2, 0.25) is 0 Å². The second-order valence-corrected chi connectivity index (χ2v) is 6.62. The number of likely N-dealkylation sites (tertiary alicyclic amines) is 2. The number of hydrogen-bond donors (Lipinski definition) is 2. The number of rotatable bonds is 6. The average Bonchev–Trinajstić information content (AvgIpc) is 3.08. The zero-order valence-corrected chi connectivity index (χ0v) is 13.1. The van der Waals surface area contributed by atoms with Crippen molar-refractivity contribution in [3.8, 4) is 0 Å². The number of carboxylic acid groups (broad SMARTS) is 1. The maximum absolute atomic E-state index is 11.4. The van der Waals surface area contributed by atoms with Crippen molar-refractivity contribution in [2.24, 2.45) is 0 Å². The molecule has 2 fully saturated rings. The summed E-state index contributed by atoms with van der Waals surface area (Å²) in [4.78, 5) is 16.5. The summed E-state index contributed by atoms with van der Waals surface area (Å²) in [6.45, 7) is 8.62. The Morgan fingerprint density at radius 2 is 2.05 bits per heavy atom. The molecule has 5 nitrogen and oxygen atoms in total. The molecule has 0 bridgehead atoms. The van der Waals surface area contributed by atoms with Gasteiger partial charge in [-0.05, 0) is 59.7 Å². The van der Waals surface area contributed by atoms with Gasteiger partial charge in [-0.1, -0.05) is 0 Å². The summed E-state index contributed by atoms with van der Waals surface area (Å²) >= 11 is 0. The van der Waals surface area contributed by atoms with E-state index in [1.165, 1.54) is 32.4 Å². The molecule has 0 spiro atoms. The Labute approximate surface area is 122 Å². The zero-order valence-electron chi connectivity index (χ0n) is 13.1. The van der Waals surface area contributed by atoms with E-state index < -0.39 is 11.5 Å². The van der Waals surface area contributed by atoms with Crippen LogP contribution < -0.4 is 5.32 Å². The van der Waals surface area contributed by atoms with Crippen LogP contribution in [-0.4, -0.2) is 71.7 Å². The lowest BCUT2D eigenvalue weighted by molar-refractivity contribution is -0.144. The van der Waals surface area contributed by atoms with Crippen LogP contribution in [0.15, 0.2) is 0 Å². The predicted molar refractivity (Wildman–Crippen MR) is 80.0 cm³/mol. The highest BCUT2D eigenvalue weighted by atomic mass is 16.4. The Bertz CT molecular complexity index is 344. The molecule has 3 atom stereocenters. The van der Waals surface area contributed by atoms with E-state index in [-0.39, 0.29) is 0 Å². The lowest BCUT2D eigenvalue weighted by Gasteiger charge is -2.33. The first-order chi connectivity index (χ1) is 9.46. The molecule has 2 saturated heterocycles. The average molecular weight is 283 g/mol. The fourth-order valence-corrected chi connectivity index (χ4v) is 3.59. The molecule has 0 aromatic heterocycles. The molecule has 20 heavy (non-hydrogen) atoms. The smallest absolute Gasteiger partial charge is 0.323 e. The van der Waals surface area contributed by atoms with Crippen molar-refractivity contribution < 1.29 is 9.90 Å². The van der Waals surface area contributed by atoms with Crippen LogP contribution in [0.4, 0.5) is 0 Å². The van der Waals surface area contributed by atoms with Crippen molar-refractivity contribution in [1.29, 1.82) is 0 Å². The molecule has 0 amide bonds. The van der Waals surface area contributed by atoms with E-state index in [0.717, 1.165) is 13.1 Å². The van der Waals surface area contributed by atoms with E-state index in [4.69, 9.17) is 0 Å². The number of nitrogens with one attached hydrogen (secondary N) is 1. The van der Waals surface area contributed by atoms with Crippen LogP contribution in [0.1, 0.15) is 39.5 Å². The molecule has 0 saturated carbocycles. The van der Waals surface area contributed by atoms with Crippen LogP contribution in [0.2, 0.25) is 0 Å². The van der Waals surface area contributed by atoms with E-state index in [0.29, 0.717) is 18.5 Å². The number of carboxylic acids is 1. The molecule has 5 heteroatoms. The summed E-state index contributed by atoms with van der Waals surface area (Å²) in [5.74, 6) is -0.762. The van der Waals surface area contributed by atoms with Crippen molar-refractivity contribution >= 4 is 5.97 Å². The molecule has 0 aromatic carbocycles. The number of nitrogens with zero attached hydrogens (tertiary/aromatic N) is 2. The maximum atomic E-state index is 11.4. The molecule has 116 valence electrons. The second-order valence-electron chi connectivity index (χ2n) is 6.62. The minimum atomic E-state index is -0.828. The van der Waals surface area contributed by atoms with Crippen LogP contribution in [0.3, 0.4) is 0 Å². The fourth-order valence-electron chi connectivity index (χ4n) is 3.59. The van der Waals surface area contributed by atoms with E-state index in [2.05, 4.69) is 22.0 Å². The molecule has 3 unspecified atom stereocenters. The zero-order chi connectivity index (χ0) is 14.8. The molecule has 2 rings (SSSR count). The summed E-state index contributed by atoms with van der Waals surface area (Å²) in [7, 11) is 1.73. The van der Waals surface area contributed by atoms with Crippen LogP contribution >= 0.6 is 0 Å². The lowest BCUT2D eigenvalue weighted by Crippen LogP contribution is -2.52. The van der Waals surface area contributed by atoms with Gasteiger partial charge in [-0.2, -0.15) is 0 Å². The second kappa shape index (κ2) is 6.41. The third-order valence-corrected chi connectivity index (χ3v) is 5.20. The molecule has 0 radical (unpaired) electrons. The number of carbonyl (C=O) groups is 1. The molecule has 2 N–H and O–H groups in total. The van der Waals surface area contributed by atoms with Crippen molar-refractivity contribution in [1.82, 2.24) is 15.1 Å². The number of hydrogen-bond acceptors (Lipinski definition) is 4. The highest BCUT2D eigenvalue weighted by Crippen LogP contribution is 2.25. The van der Waals surface area contributed by atoms with Gasteiger partial charge in [0.05, 0.1) is 0 Å². The molecule has 2 heterocycles. The Morgan fingerprint density at radius 3 is 2.60 bits per heavy atom. The molecular weight excluding hydrogens is 254 g/mol. The predicted octanol–water partition coefficient (Wildman–Crippen LogP) is 0.998. The van der Waals surface area contributed by atoms with Gasteiger partial charge in [0.1, 0.15) is 5.54 Å².